The monoisotopic (exact) mass is 143 g/mol. The Kier molecular flexibility index (Phi) is 6.29. The van der Waals surface area contributed by atoms with Gasteiger partial charge in [0.05, 0.1) is 6.61 Å². The zero-order valence-corrected chi connectivity index (χ0v) is 6.89. The smallest absolute Gasteiger partial charge is 0.0748 e. The van der Waals surface area contributed by atoms with Crippen LogP contribution in [0.4, 0.5) is 0 Å². The average Bonchev–Trinajstić information content (AvgIpc) is 1.98. The molecule has 0 aromatic rings. The number of nitrogens with one attached hydrogen (secondary N) is 1. The predicted molar refractivity (Wildman–Crippen MR) is 43.4 cm³/mol. The third kappa shape index (κ3) is 5.63. The molecular formula is C8H17NO. The third-order valence-electron chi connectivity index (χ3n) is 1.58. The molecule has 0 amide bonds. The molecule has 0 saturated carbocycles. The van der Waals surface area contributed by atoms with Gasteiger partial charge in [-0.2, -0.15) is 0 Å². The largest absolute Gasteiger partial charge is 0.277 e. The van der Waals surface area contributed by atoms with Crippen LogP contribution in [-0.2, 0) is 4.84 Å². The standard InChI is InChI=1S/C8H17NO/c1-4-8(3)6-7-10-9-5-2/h5,8-9H,2,4,6-7H2,1,3H3. The van der Waals surface area contributed by atoms with Gasteiger partial charge in [-0.25, -0.2) is 0 Å². The molecule has 0 fully saturated rings. The summed E-state index contributed by atoms with van der Waals surface area (Å²) in [6, 6.07) is 0. The van der Waals surface area contributed by atoms with E-state index < -0.39 is 0 Å². The fraction of sp³-hybridized carbons (Fsp3) is 0.750. The van der Waals surface area contributed by atoms with Crippen molar-refractivity contribution in [2.24, 2.45) is 5.92 Å². The number of hydrogen-bond acceptors (Lipinski definition) is 2. The first kappa shape index (κ1) is 9.50. The summed E-state index contributed by atoms with van der Waals surface area (Å²) >= 11 is 0. The van der Waals surface area contributed by atoms with Gasteiger partial charge in [0.2, 0.25) is 0 Å². The molecule has 0 heterocycles. The first-order valence-corrected chi connectivity index (χ1v) is 3.79. The highest BCUT2D eigenvalue weighted by Gasteiger charge is 1.96. The maximum absolute atomic E-state index is 4.99. The second-order valence-electron chi connectivity index (χ2n) is 2.47. The van der Waals surface area contributed by atoms with E-state index in [1.807, 2.05) is 0 Å². The van der Waals surface area contributed by atoms with E-state index in [9.17, 15) is 0 Å². The van der Waals surface area contributed by atoms with Crippen LogP contribution in [0.3, 0.4) is 0 Å². The summed E-state index contributed by atoms with van der Waals surface area (Å²) in [5.41, 5.74) is 2.59. The van der Waals surface area contributed by atoms with E-state index in [1.54, 1.807) is 0 Å². The van der Waals surface area contributed by atoms with Crippen molar-refractivity contribution in [3.8, 4) is 0 Å². The number of hydroxylamine groups is 1. The van der Waals surface area contributed by atoms with Crippen LogP contribution in [0.15, 0.2) is 12.8 Å². The zero-order chi connectivity index (χ0) is 7.82. The Morgan fingerprint density at radius 3 is 2.90 bits per heavy atom. The SMILES string of the molecule is C=CNOCCC(C)CC. The summed E-state index contributed by atoms with van der Waals surface area (Å²) in [5.74, 6) is 0.756. The van der Waals surface area contributed by atoms with Crippen molar-refractivity contribution in [2.75, 3.05) is 6.61 Å². The van der Waals surface area contributed by atoms with Gasteiger partial charge in [-0.15, -0.1) is 0 Å². The molecule has 2 nitrogen and oxygen atoms in total. The van der Waals surface area contributed by atoms with Gasteiger partial charge < -0.3 is 0 Å². The molecule has 0 aromatic carbocycles. The van der Waals surface area contributed by atoms with Crippen molar-refractivity contribution in [2.45, 2.75) is 26.7 Å². The summed E-state index contributed by atoms with van der Waals surface area (Å²) in [5, 5.41) is 0. The third-order valence-corrected chi connectivity index (χ3v) is 1.58. The van der Waals surface area contributed by atoms with Gasteiger partial charge >= 0.3 is 0 Å². The lowest BCUT2D eigenvalue weighted by Gasteiger charge is -2.07. The Morgan fingerprint density at radius 2 is 2.40 bits per heavy atom. The Balaban J connectivity index is 2.95. The fourth-order valence-electron chi connectivity index (χ4n) is 0.582. The molecular weight excluding hydrogens is 126 g/mol. The quantitative estimate of drug-likeness (QED) is 0.454. The lowest BCUT2D eigenvalue weighted by molar-refractivity contribution is 0.0621. The maximum Gasteiger partial charge on any atom is 0.0748 e. The van der Waals surface area contributed by atoms with E-state index in [-0.39, 0.29) is 0 Å². The molecule has 0 bridgehead atoms. The minimum atomic E-state index is 0.756. The van der Waals surface area contributed by atoms with Crippen LogP contribution in [0.5, 0.6) is 0 Å². The van der Waals surface area contributed by atoms with Crippen molar-refractivity contribution < 1.29 is 4.84 Å². The second kappa shape index (κ2) is 6.62. The highest BCUT2D eigenvalue weighted by Crippen LogP contribution is 2.04. The van der Waals surface area contributed by atoms with Crippen LogP contribution in [0.25, 0.3) is 0 Å². The van der Waals surface area contributed by atoms with Crippen molar-refractivity contribution in [1.82, 2.24) is 5.48 Å². The lowest BCUT2D eigenvalue weighted by atomic mass is 10.1. The molecule has 0 spiro atoms. The van der Waals surface area contributed by atoms with Crippen LogP contribution < -0.4 is 5.48 Å². The topological polar surface area (TPSA) is 21.3 Å². The molecule has 0 rings (SSSR count). The van der Waals surface area contributed by atoms with E-state index in [1.165, 1.54) is 12.6 Å². The molecule has 0 radical (unpaired) electrons. The Hall–Kier alpha value is -0.500. The van der Waals surface area contributed by atoms with Crippen LogP contribution in [0.1, 0.15) is 26.7 Å². The van der Waals surface area contributed by atoms with Gasteiger partial charge in [0, 0.05) is 6.20 Å². The van der Waals surface area contributed by atoms with Gasteiger partial charge in [-0.1, -0.05) is 26.8 Å². The van der Waals surface area contributed by atoms with Crippen LogP contribution in [0, 0.1) is 5.92 Å². The molecule has 0 saturated heterocycles. The summed E-state index contributed by atoms with van der Waals surface area (Å²) < 4.78 is 0. The first-order valence-electron chi connectivity index (χ1n) is 3.79. The van der Waals surface area contributed by atoms with Crippen molar-refractivity contribution in [3.63, 3.8) is 0 Å². The molecule has 0 aliphatic heterocycles. The summed E-state index contributed by atoms with van der Waals surface area (Å²) in [7, 11) is 0. The molecule has 1 atom stereocenters. The van der Waals surface area contributed by atoms with Crippen molar-refractivity contribution >= 4 is 0 Å². The summed E-state index contributed by atoms with van der Waals surface area (Å²) in [6.07, 6.45) is 3.87. The van der Waals surface area contributed by atoms with Gasteiger partial charge in [0.25, 0.3) is 0 Å². The van der Waals surface area contributed by atoms with Gasteiger partial charge in [-0.3, -0.25) is 10.3 Å². The van der Waals surface area contributed by atoms with E-state index >= 15 is 0 Å². The highest BCUT2D eigenvalue weighted by atomic mass is 16.6. The summed E-state index contributed by atoms with van der Waals surface area (Å²) in [4.78, 5) is 4.99. The normalized spacial score (nSPS) is 12.6. The Labute approximate surface area is 63.2 Å². The molecule has 2 heteroatoms. The minimum absolute atomic E-state index is 0.756. The van der Waals surface area contributed by atoms with Crippen molar-refractivity contribution in [3.05, 3.63) is 12.8 Å². The van der Waals surface area contributed by atoms with Crippen LogP contribution in [-0.4, -0.2) is 6.61 Å². The molecule has 60 valence electrons. The molecule has 10 heavy (non-hydrogen) atoms. The lowest BCUT2D eigenvalue weighted by Crippen LogP contribution is -2.09. The molecule has 0 aromatic heterocycles. The minimum Gasteiger partial charge on any atom is -0.277 e. The molecule has 0 aliphatic carbocycles. The van der Waals surface area contributed by atoms with Crippen LogP contribution >= 0.6 is 0 Å². The fourth-order valence-corrected chi connectivity index (χ4v) is 0.582. The second-order valence-corrected chi connectivity index (χ2v) is 2.47. The Morgan fingerprint density at radius 1 is 1.70 bits per heavy atom. The van der Waals surface area contributed by atoms with E-state index in [0.717, 1.165) is 18.9 Å². The summed E-state index contributed by atoms with van der Waals surface area (Å²) in [6.45, 7) is 8.63. The maximum atomic E-state index is 4.99. The van der Waals surface area contributed by atoms with Gasteiger partial charge in [0.1, 0.15) is 0 Å². The predicted octanol–water partition coefficient (Wildman–Crippen LogP) is 2.09. The average molecular weight is 143 g/mol. The van der Waals surface area contributed by atoms with Crippen molar-refractivity contribution in [1.29, 1.82) is 0 Å². The van der Waals surface area contributed by atoms with Crippen LogP contribution in [0.2, 0.25) is 0 Å². The molecule has 1 unspecified atom stereocenters. The Bertz CT molecular complexity index is 83.3. The molecule has 0 aliphatic rings. The van der Waals surface area contributed by atoms with Gasteiger partial charge in [0.15, 0.2) is 0 Å². The van der Waals surface area contributed by atoms with E-state index in [4.69, 9.17) is 4.84 Å². The van der Waals surface area contributed by atoms with E-state index in [2.05, 4.69) is 25.9 Å². The zero-order valence-electron chi connectivity index (χ0n) is 6.89. The number of rotatable bonds is 6. The molecule has 1 N–H and O–H groups in total. The number of hydrogen-bond donors (Lipinski definition) is 1. The van der Waals surface area contributed by atoms with E-state index in [0.29, 0.717) is 0 Å². The van der Waals surface area contributed by atoms with Gasteiger partial charge in [-0.05, 0) is 12.3 Å². The first-order chi connectivity index (χ1) is 4.81. The highest BCUT2D eigenvalue weighted by molar-refractivity contribution is 4.54.